The summed E-state index contributed by atoms with van der Waals surface area (Å²) in [6.45, 7) is 18.7. The first kappa shape index (κ1) is 28.8. The van der Waals surface area contributed by atoms with Crippen LogP contribution in [0.1, 0.15) is 40.5 Å². The molecule has 0 aromatic carbocycles. The number of likely N-dealkylation sites (N-methyl/N-ethyl adjacent to an activating group) is 1. The van der Waals surface area contributed by atoms with Gasteiger partial charge in [-0.2, -0.15) is 0 Å². The van der Waals surface area contributed by atoms with E-state index in [9.17, 15) is 0 Å². The largest absolute Gasteiger partial charge is 0.379 e. The van der Waals surface area contributed by atoms with Gasteiger partial charge in [0.15, 0.2) is 5.96 Å². The van der Waals surface area contributed by atoms with Crippen molar-refractivity contribution in [2.24, 2.45) is 10.9 Å². The molecule has 0 saturated carbocycles. The monoisotopic (exact) mass is 527 g/mol. The summed E-state index contributed by atoms with van der Waals surface area (Å²) in [7, 11) is 2.20. The number of unbranched alkanes of at least 4 members (excludes halogenated alkanes) is 1. The summed E-state index contributed by atoms with van der Waals surface area (Å²) in [5.41, 5.74) is 0. The first-order valence-corrected chi connectivity index (χ1v) is 11.2. The highest BCUT2D eigenvalue weighted by atomic mass is 127. The Balaban J connectivity index is 0.00000784. The van der Waals surface area contributed by atoms with Gasteiger partial charge < -0.3 is 25.0 Å². The Kier molecular flexibility index (Phi) is 18.5. The van der Waals surface area contributed by atoms with E-state index in [1.807, 2.05) is 0 Å². The zero-order valence-electron chi connectivity index (χ0n) is 19.4. The van der Waals surface area contributed by atoms with Gasteiger partial charge in [0, 0.05) is 51.9 Å². The molecule has 1 saturated heterocycles. The number of ether oxygens (including phenoxy) is 2. The minimum Gasteiger partial charge on any atom is -0.379 e. The van der Waals surface area contributed by atoms with Gasteiger partial charge in [-0.15, -0.1) is 24.0 Å². The number of piperazine rings is 1. The predicted octanol–water partition coefficient (Wildman–Crippen LogP) is 2.26. The zero-order valence-corrected chi connectivity index (χ0v) is 21.7. The van der Waals surface area contributed by atoms with Crippen LogP contribution >= 0.6 is 24.0 Å². The number of aliphatic imine (C=N–C) groups is 1. The van der Waals surface area contributed by atoms with Crippen molar-refractivity contribution in [3.05, 3.63) is 0 Å². The molecule has 7 nitrogen and oxygen atoms in total. The van der Waals surface area contributed by atoms with Gasteiger partial charge in [0.2, 0.25) is 0 Å². The molecule has 2 N–H and O–H groups in total. The lowest BCUT2D eigenvalue weighted by Gasteiger charge is -2.39. The van der Waals surface area contributed by atoms with E-state index >= 15 is 0 Å². The number of halogens is 1. The van der Waals surface area contributed by atoms with E-state index in [1.165, 1.54) is 6.42 Å². The van der Waals surface area contributed by atoms with Crippen LogP contribution in [0.2, 0.25) is 0 Å². The smallest absolute Gasteiger partial charge is 0.191 e. The molecule has 0 spiro atoms. The number of hydrogen-bond donors (Lipinski definition) is 2. The number of nitrogens with zero attached hydrogens (tertiary/aromatic N) is 3. The van der Waals surface area contributed by atoms with Gasteiger partial charge in [0.1, 0.15) is 0 Å². The standard InChI is InChI=1S/C21H45N5O2.HI/c1-6-8-14-27-16-17-28-15-9-23-21(22-7-2)24-18-20(19(3)4)26-12-10-25(5)11-13-26;/h19-20H,6-18H2,1-5H3,(H2,22,23,24);1H. The van der Waals surface area contributed by atoms with Gasteiger partial charge in [-0.3, -0.25) is 9.89 Å². The highest BCUT2D eigenvalue weighted by molar-refractivity contribution is 14.0. The average molecular weight is 528 g/mol. The molecule has 29 heavy (non-hydrogen) atoms. The van der Waals surface area contributed by atoms with Crippen molar-refractivity contribution in [3.63, 3.8) is 0 Å². The number of nitrogens with one attached hydrogen (secondary N) is 2. The highest BCUT2D eigenvalue weighted by Crippen LogP contribution is 2.13. The van der Waals surface area contributed by atoms with Crippen molar-refractivity contribution in [1.82, 2.24) is 20.4 Å². The second kappa shape index (κ2) is 18.6. The van der Waals surface area contributed by atoms with E-state index in [1.54, 1.807) is 0 Å². The zero-order chi connectivity index (χ0) is 20.6. The van der Waals surface area contributed by atoms with Crippen LogP contribution < -0.4 is 10.6 Å². The molecule has 1 aliphatic rings. The Bertz CT molecular complexity index is 405. The normalized spacial score (nSPS) is 17.2. The van der Waals surface area contributed by atoms with Crippen molar-refractivity contribution in [2.45, 2.75) is 46.6 Å². The van der Waals surface area contributed by atoms with Crippen LogP contribution in [0.4, 0.5) is 0 Å². The van der Waals surface area contributed by atoms with E-state index in [2.05, 4.69) is 55.2 Å². The summed E-state index contributed by atoms with van der Waals surface area (Å²) in [6.07, 6.45) is 2.29. The third-order valence-corrected chi connectivity index (χ3v) is 5.11. The Morgan fingerprint density at radius 1 is 0.966 bits per heavy atom. The van der Waals surface area contributed by atoms with E-state index in [0.717, 1.165) is 64.8 Å². The van der Waals surface area contributed by atoms with Crippen LogP contribution in [0.15, 0.2) is 4.99 Å². The average Bonchev–Trinajstić information content (AvgIpc) is 2.67. The lowest BCUT2D eigenvalue weighted by Crippen LogP contribution is -2.52. The minimum atomic E-state index is 0. The molecule has 0 amide bonds. The fourth-order valence-corrected chi connectivity index (χ4v) is 3.24. The maximum atomic E-state index is 5.63. The Hall–Kier alpha value is -0.160. The summed E-state index contributed by atoms with van der Waals surface area (Å²) >= 11 is 0. The molecule has 1 unspecified atom stereocenters. The first-order chi connectivity index (χ1) is 13.6. The molecule has 0 bridgehead atoms. The Morgan fingerprint density at radius 2 is 1.62 bits per heavy atom. The predicted molar refractivity (Wildman–Crippen MR) is 134 cm³/mol. The van der Waals surface area contributed by atoms with Gasteiger partial charge >= 0.3 is 0 Å². The maximum absolute atomic E-state index is 5.63. The quantitative estimate of drug-likeness (QED) is 0.157. The summed E-state index contributed by atoms with van der Waals surface area (Å²) in [6, 6.07) is 0.487. The molecule has 0 aromatic heterocycles. The lowest BCUT2D eigenvalue weighted by atomic mass is 10.0. The summed E-state index contributed by atoms with van der Waals surface area (Å²) < 4.78 is 11.1. The molecule has 1 fully saturated rings. The van der Waals surface area contributed by atoms with Crippen LogP contribution in [0.3, 0.4) is 0 Å². The van der Waals surface area contributed by atoms with Gasteiger partial charge in [-0.05, 0) is 26.3 Å². The van der Waals surface area contributed by atoms with Crippen LogP contribution in [-0.2, 0) is 9.47 Å². The molecule has 8 heteroatoms. The summed E-state index contributed by atoms with van der Waals surface area (Å²) in [4.78, 5) is 9.85. The van der Waals surface area contributed by atoms with Crippen molar-refractivity contribution in [3.8, 4) is 0 Å². The van der Waals surface area contributed by atoms with E-state index in [0.29, 0.717) is 31.8 Å². The minimum absolute atomic E-state index is 0. The van der Waals surface area contributed by atoms with Crippen molar-refractivity contribution < 1.29 is 9.47 Å². The molecule has 1 heterocycles. The topological polar surface area (TPSA) is 61.4 Å². The molecule has 174 valence electrons. The van der Waals surface area contributed by atoms with E-state index in [-0.39, 0.29) is 24.0 Å². The second-order valence-corrected chi connectivity index (χ2v) is 7.88. The molecule has 0 radical (unpaired) electrons. The summed E-state index contributed by atoms with van der Waals surface area (Å²) in [5.74, 6) is 1.47. The van der Waals surface area contributed by atoms with Gasteiger partial charge in [0.25, 0.3) is 0 Å². The van der Waals surface area contributed by atoms with Crippen LogP contribution in [-0.4, -0.2) is 101 Å². The molecule has 1 rings (SSSR count). The van der Waals surface area contributed by atoms with Crippen LogP contribution in [0.5, 0.6) is 0 Å². The fourth-order valence-electron chi connectivity index (χ4n) is 3.24. The van der Waals surface area contributed by atoms with Crippen molar-refractivity contribution in [2.75, 3.05) is 79.3 Å². The molecule has 0 aromatic rings. The van der Waals surface area contributed by atoms with Crippen LogP contribution in [0, 0.1) is 5.92 Å². The third-order valence-electron chi connectivity index (χ3n) is 5.11. The second-order valence-electron chi connectivity index (χ2n) is 7.88. The molecule has 1 aliphatic heterocycles. The Labute approximate surface area is 196 Å². The molecular weight excluding hydrogens is 481 g/mol. The molecule has 0 aliphatic carbocycles. The van der Waals surface area contributed by atoms with Gasteiger partial charge in [0.05, 0.1) is 26.4 Å². The SMILES string of the molecule is CCCCOCCOCCNC(=NCC(C(C)C)N1CCN(C)CC1)NCC.I. The first-order valence-electron chi connectivity index (χ1n) is 11.2. The van der Waals surface area contributed by atoms with Crippen LogP contribution in [0.25, 0.3) is 0 Å². The van der Waals surface area contributed by atoms with Gasteiger partial charge in [-0.25, -0.2) is 0 Å². The van der Waals surface area contributed by atoms with E-state index in [4.69, 9.17) is 14.5 Å². The summed E-state index contributed by atoms with van der Waals surface area (Å²) in [5, 5.41) is 6.73. The van der Waals surface area contributed by atoms with Gasteiger partial charge in [-0.1, -0.05) is 27.2 Å². The number of rotatable bonds is 14. The Morgan fingerprint density at radius 3 is 2.21 bits per heavy atom. The highest BCUT2D eigenvalue weighted by Gasteiger charge is 2.24. The number of hydrogen-bond acceptors (Lipinski definition) is 5. The van der Waals surface area contributed by atoms with Crippen molar-refractivity contribution in [1.29, 1.82) is 0 Å². The van der Waals surface area contributed by atoms with E-state index < -0.39 is 0 Å². The maximum Gasteiger partial charge on any atom is 0.191 e. The number of guanidine groups is 1. The molecule has 1 atom stereocenters. The van der Waals surface area contributed by atoms with Crippen molar-refractivity contribution >= 4 is 29.9 Å². The molecular formula is C21H46IN5O2. The third kappa shape index (κ3) is 13.7. The lowest BCUT2D eigenvalue weighted by molar-refractivity contribution is 0.0487. The fraction of sp³-hybridized carbons (Fsp3) is 0.952.